The van der Waals surface area contributed by atoms with Crippen molar-refractivity contribution >= 4 is 46.2 Å². The standard InChI is InChI=1S/C30H20F6N4O7/c1-3-15-9-11-38-22(13-15)40-26(42)17-6-8-21(25(47-28(44)30(34,35)36)24(17)46-27(43)29(31,32)33)45-20-10-12-37-19-7-5-16(14-18(19)20)39-23(41)4-2/h4-14H,2-3H2,1H3,(H,39,41)(H,38,40,42). The van der Waals surface area contributed by atoms with Crippen molar-refractivity contribution in [2.75, 3.05) is 10.6 Å². The number of amides is 2. The summed E-state index contributed by atoms with van der Waals surface area (Å²) >= 11 is 0. The van der Waals surface area contributed by atoms with Gasteiger partial charge in [0.05, 0.1) is 11.1 Å². The molecule has 47 heavy (non-hydrogen) atoms. The summed E-state index contributed by atoms with van der Waals surface area (Å²) < 4.78 is 94.4. The third-order valence-corrected chi connectivity index (χ3v) is 6.02. The number of pyridine rings is 2. The van der Waals surface area contributed by atoms with Crippen LogP contribution in [0.2, 0.25) is 0 Å². The van der Waals surface area contributed by atoms with E-state index in [1.807, 2.05) is 0 Å². The van der Waals surface area contributed by atoms with Gasteiger partial charge >= 0.3 is 24.3 Å². The third-order valence-electron chi connectivity index (χ3n) is 6.02. The minimum atomic E-state index is -5.71. The Hall–Kier alpha value is -6.00. The number of nitrogens with zero attached hydrogens (tertiary/aromatic N) is 2. The van der Waals surface area contributed by atoms with Gasteiger partial charge in [-0.3, -0.25) is 14.6 Å². The summed E-state index contributed by atoms with van der Waals surface area (Å²) in [6.07, 6.45) is -7.43. The minimum absolute atomic E-state index is 0.111. The van der Waals surface area contributed by atoms with Crippen LogP contribution in [-0.2, 0) is 20.8 Å². The first-order valence-corrected chi connectivity index (χ1v) is 13.1. The highest BCUT2D eigenvalue weighted by atomic mass is 19.4. The lowest BCUT2D eigenvalue weighted by Gasteiger charge is -2.19. The fourth-order valence-electron chi connectivity index (χ4n) is 3.85. The van der Waals surface area contributed by atoms with Crippen LogP contribution in [0, 0.1) is 0 Å². The van der Waals surface area contributed by atoms with Crippen LogP contribution in [0.25, 0.3) is 10.9 Å². The maximum Gasteiger partial charge on any atom is 0.491 e. The van der Waals surface area contributed by atoms with E-state index in [4.69, 9.17) is 4.74 Å². The van der Waals surface area contributed by atoms with Crippen molar-refractivity contribution in [3.05, 3.63) is 84.7 Å². The molecule has 2 amide bonds. The molecular formula is C30H20F6N4O7. The molecule has 17 heteroatoms. The highest BCUT2D eigenvalue weighted by Crippen LogP contribution is 2.45. The molecule has 0 fully saturated rings. The van der Waals surface area contributed by atoms with Crippen molar-refractivity contribution < 1.29 is 59.7 Å². The van der Waals surface area contributed by atoms with Crippen LogP contribution in [-0.4, -0.2) is 46.1 Å². The molecule has 0 atom stereocenters. The van der Waals surface area contributed by atoms with Gasteiger partial charge in [0.2, 0.25) is 11.7 Å². The topological polar surface area (TPSA) is 146 Å². The molecule has 11 nitrogen and oxygen atoms in total. The molecule has 0 spiro atoms. The molecule has 2 aromatic carbocycles. The van der Waals surface area contributed by atoms with E-state index in [1.54, 1.807) is 13.0 Å². The molecule has 0 saturated heterocycles. The molecule has 0 aliphatic heterocycles. The fourth-order valence-corrected chi connectivity index (χ4v) is 3.85. The van der Waals surface area contributed by atoms with Gasteiger partial charge in [-0.2, -0.15) is 26.3 Å². The Balaban J connectivity index is 1.90. The second-order valence-corrected chi connectivity index (χ2v) is 9.24. The number of aryl methyl sites for hydroxylation is 1. The molecule has 0 aliphatic carbocycles. The van der Waals surface area contributed by atoms with E-state index in [9.17, 15) is 45.5 Å². The van der Waals surface area contributed by atoms with Gasteiger partial charge in [0.25, 0.3) is 5.91 Å². The van der Waals surface area contributed by atoms with Crippen LogP contribution in [0.1, 0.15) is 22.8 Å². The monoisotopic (exact) mass is 662 g/mol. The summed E-state index contributed by atoms with van der Waals surface area (Å²) in [5.74, 6) is -12.0. The number of alkyl halides is 6. The number of esters is 2. The van der Waals surface area contributed by atoms with Crippen LogP contribution in [0.5, 0.6) is 23.0 Å². The minimum Gasteiger partial charge on any atom is -0.453 e. The number of carbonyl (C=O) groups excluding carboxylic acids is 4. The van der Waals surface area contributed by atoms with Crippen molar-refractivity contribution in [1.29, 1.82) is 0 Å². The van der Waals surface area contributed by atoms with Gasteiger partial charge in [-0.15, -0.1) is 0 Å². The highest BCUT2D eigenvalue weighted by Gasteiger charge is 2.45. The number of nitrogens with one attached hydrogen (secondary N) is 2. The number of benzene rings is 2. The van der Waals surface area contributed by atoms with Gasteiger partial charge in [0.1, 0.15) is 11.6 Å². The van der Waals surface area contributed by atoms with Crippen LogP contribution in [0.4, 0.5) is 37.8 Å². The van der Waals surface area contributed by atoms with E-state index in [-0.39, 0.29) is 28.2 Å². The van der Waals surface area contributed by atoms with Crippen LogP contribution >= 0.6 is 0 Å². The molecule has 2 heterocycles. The summed E-state index contributed by atoms with van der Waals surface area (Å²) in [7, 11) is 0. The molecule has 0 unspecified atom stereocenters. The molecule has 4 rings (SSSR count). The van der Waals surface area contributed by atoms with Gasteiger partial charge in [-0.1, -0.05) is 13.5 Å². The van der Waals surface area contributed by atoms with E-state index in [0.29, 0.717) is 12.0 Å². The number of fused-ring (bicyclic) bond motifs is 1. The van der Waals surface area contributed by atoms with Crippen molar-refractivity contribution in [3.8, 4) is 23.0 Å². The quantitative estimate of drug-likeness (QED) is 0.0913. The van der Waals surface area contributed by atoms with Crippen molar-refractivity contribution in [2.24, 2.45) is 0 Å². The molecular weight excluding hydrogens is 642 g/mol. The second-order valence-electron chi connectivity index (χ2n) is 9.24. The molecule has 0 radical (unpaired) electrons. The largest absolute Gasteiger partial charge is 0.491 e. The Labute approximate surface area is 260 Å². The molecule has 0 aliphatic rings. The number of ether oxygens (including phenoxy) is 3. The number of halogens is 6. The molecule has 4 aromatic rings. The zero-order valence-corrected chi connectivity index (χ0v) is 23.8. The van der Waals surface area contributed by atoms with Gasteiger partial charge in [0, 0.05) is 23.5 Å². The third kappa shape index (κ3) is 8.19. The van der Waals surface area contributed by atoms with E-state index in [0.717, 1.165) is 18.2 Å². The smallest absolute Gasteiger partial charge is 0.453 e. The number of rotatable bonds is 9. The maximum absolute atomic E-state index is 13.3. The summed E-state index contributed by atoms with van der Waals surface area (Å²) in [6.45, 7) is 5.11. The highest BCUT2D eigenvalue weighted by molar-refractivity contribution is 6.07. The van der Waals surface area contributed by atoms with E-state index < -0.39 is 58.9 Å². The summed E-state index contributed by atoms with van der Waals surface area (Å²) in [5.41, 5.74) is 0.128. The first kappa shape index (κ1) is 33.9. The predicted molar refractivity (Wildman–Crippen MR) is 152 cm³/mol. The second kappa shape index (κ2) is 13.6. The van der Waals surface area contributed by atoms with Crippen molar-refractivity contribution in [1.82, 2.24) is 9.97 Å². The number of hydrogen-bond acceptors (Lipinski definition) is 9. The Bertz CT molecular complexity index is 1890. The van der Waals surface area contributed by atoms with E-state index in [2.05, 4.69) is 36.7 Å². The van der Waals surface area contributed by atoms with Gasteiger partial charge in [-0.25, -0.2) is 14.6 Å². The summed E-state index contributed by atoms with van der Waals surface area (Å²) in [4.78, 5) is 56.9. The van der Waals surface area contributed by atoms with Gasteiger partial charge in [0.15, 0.2) is 11.5 Å². The molecule has 2 N–H and O–H groups in total. The average molecular weight is 662 g/mol. The SMILES string of the molecule is C=CC(=O)Nc1ccc2nccc(Oc3ccc(C(=O)Nc4cc(CC)ccn4)c(OC(=O)C(F)(F)F)c3OC(=O)C(F)(F)F)c2c1. The Kier molecular flexibility index (Phi) is 9.77. The first-order chi connectivity index (χ1) is 22.1. The predicted octanol–water partition coefficient (Wildman–Crippen LogP) is 6.30. The van der Waals surface area contributed by atoms with Crippen LogP contribution in [0.15, 0.2) is 73.6 Å². The maximum atomic E-state index is 13.3. The molecule has 244 valence electrons. The summed E-state index contributed by atoms with van der Waals surface area (Å²) in [6, 6.07) is 9.96. The lowest BCUT2D eigenvalue weighted by atomic mass is 10.1. The zero-order chi connectivity index (χ0) is 34.5. The van der Waals surface area contributed by atoms with Crippen LogP contribution in [0.3, 0.4) is 0 Å². The van der Waals surface area contributed by atoms with E-state index >= 15 is 0 Å². The lowest BCUT2D eigenvalue weighted by molar-refractivity contribution is -0.191. The van der Waals surface area contributed by atoms with Crippen molar-refractivity contribution in [3.63, 3.8) is 0 Å². The number of anilines is 2. The van der Waals surface area contributed by atoms with Crippen molar-refractivity contribution in [2.45, 2.75) is 25.7 Å². The number of carbonyl (C=O) groups is 4. The normalized spacial score (nSPS) is 11.4. The first-order valence-electron chi connectivity index (χ1n) is 13.1. The number of aromatic nitrogens is 2. The average Bonchev–Trinajstić information content (AvgIpc) is 3.01. The molecule has 0 saturated carbocycles. The number of hydrogen-bond donors (Lipinski definition) is 2. The Morgan fingerprint density at radius 2 is 1.47 bits per heavy atom. The van der Waals surface area contributed by atoms with E-state index in [1.165, 1.54) is 42.7 Å². The fraction of sp³-hybridized carbons (Fsp3) is 0.133. The lowest BCUT2D eigenvalue weighted by Crippen LogP contribution is -2.31. The van der Waals surface area contributed by atoms with Crippen LogP contribution < -0.4 is 24.8 Å². The Morgan fingerprint density at radius 3 is 2.11 bits per heavy atom. The zero-order valence-electron chi connectivity index (χ0n) is 23.8. The molecule has 2 aromatic heterocycles. The van der Waals surface area contributed by atoms with Gasteiger partial charge in [-0.05, 0) is 66.6 Å². The Morgan fingerprint density at radius 1 is 0.809 bits per heavy atom. The molecule has 0 bridgehead atoms. The van der Waals surface area contributed by atoms with Gasteiger partial charge < -0.3 is 24.8 Å². The summed E-state index contributed by atoms with van der Waals surface area (Å²) in [5, 5.41) is 4.82.